The first-order valence-electron chi connectivity index (χ1n) is 9.05. The molecule has 2 aromatic rings. The number of carbonyl (C=O) groups is 1. The van der Waals surface area contributed by atoms with Crippen LogP contribution in [0.4, 0.5) is 4.39 Å². The van der Waals surface area contributed by atoms with Gasteiger partial charge in [0.05, 0.1) is 20.3 Å². The van der Waals surface area contributed by atoms with E-state index in [1.807, 2.05) is 24.3 Å². The Labute approximate surface area is 158 Å². The third-order valence-corrected chi connectivity index (χ3v) is 5.06. The van der Waals surface area contributed by atoms with E-state index < -0.39 is 11.9 Å². The maximum absolute atomic E-state index is 14.0. The number of nitrogens with one attached hydrogen (secondary N) is 1. The molecule has 5 nitrogen and oxygen atoms in total. The van der Waals surface area contributed by atoms with Crippen molar-refractivity contribution < 1.29 is 18.7 Å². The van der Waals surface area contributed by atoms with Crippen LogP contribution in [0.25, 0.3) is 0 Å². The highest BCUT2D eigenvalue weighted by atomic mass is 19.1. The minimum absolute atomic E-state index is 0.0553. The SMILES string of the molecule is COc1cccc(C(NC(=O)C2CCC(N)C2)c2cc(F)ccc2OC)c1. The summed E-state index contributed by atoms with van der Waals surface area (Å²) < 4.78 is 24.7. The summed E-state index contributed by atoms with van der Waals surface area (Å²) >= 11 is 0. The van der Waals surface area contributed by atoms with Crippen LogP contribution in [0.15, 0.2) is 42.5 Å². The Kier molecular flexibility index (Phi) is 5.96. The van der Waals surface area contributed by atoms with Gasteiger partial charge in [-0.05, 0) is 55.2 Å². The fourth-order valence-corrected chi connectivity index (χ4v) is 3.61. The van der Waals surface area contributed by atoms with Gasteiger partial charge in [0, 0.05) is 17.5 Å². The fourth-order valence-electron chi connectivity index (χ4n) is 3.61. The summed E-state index contributed by atoms with van der Waals surface area (Å²) in [4.78, 5) is 12.9. The van der Waals surface area contributed by atoms with E-state index in [-0.39, 0.29) is 17.9 Å². The molecule has 0 aromatic heterocycles. The molecule has 0 spiro atoms. The summed E-state index contributed by atoms with van der Waals surface area (Å²) in [6, 6.07) is 11.1. The molecule has 0 radical (unpaired) electrons. The Balaban J connectivity index is 1.98. The molecule has 144 valence electrons. The zero-order valence-electron chi connectivity index (χ0n) is 15.6. The van der Waals surface area contributed by atoms with Crippen LogP contribution in [0.2, 0.25) is 0 Å². The Morgan fingerprint density at radius 1 is 1.19 bits per heavy atom. The van der Waals surface area contributed by atoms with Gasteiger partial charge in [-0.15, -0.1) is 0 Å². The average molecular weight is 372 g/mol. The summed E-state index contributed by atoms with van der Waals surface area (Å²) in [6.45, 7) is 0. The van der Waals surface area contributed by atoms with Gasteiger partial charge in [-0.25, -0.2) is 4.39 Å². The third kappa shape index (κ3) is 4.39. The predicted molar refractivity (Wildman–Crippen MR) is 101 cm³/mol. The Morgan fingerprint density at radius 3 is 2.67 bits per heavy atom. The molecule has 3 atom stereocenters. The predicted octanol–water partition coefficient (Wildman–Crippen LogP) is 3.18. The molecule has 2 aromatic carbocycles. The minimum Gasteiger partial charge on any atom is -0.497 e. The number of amides is 1. The molecule has 0 saturated heterocycles. The van der Waals surface area contributed by atoms with Crippen molar-refractivity contribution in [3.8, 4) is 11.5 Å². The standard InChI is InChI=1S/C21H25FN2O3/c1-26-17-5-3-4-13(11-17)20(18-12-15(22)7-9-19(18)27-2)24-21(25)14-6-8-16(23)10-14/h3-5,7,9,11-12,14,16,20H,6,8,10,23H2,1-2H3,(H,24,25). The molecule has 3 N–H and O–H groups in total. The van der Waals surface area contributed by atoms with E-state index in [0.717, 1.165) is 18.4 Å². The molecule has 0 bridgehead atoms. The van der Waals surface area contributed by atoms with Crippen LogP contribution in [-0.2, 0) is 4.79 Å². The lowest BCUT2D eigenvalue weighted by atomic mass is 9.96. The Bertz CT molecular complexity index is 812. The minimum atomic E-state index is -0.560. The van der Waals surface area contributed by atoms with Crippen LogP contribution in [0, 0.1) is 11.7 Å². The maximum atomic E-state index is 14.0. The van der Waals surface area contributed by atoms with Gasteiger partial charge in [0.2, 0.25) is 5.91 Å². The molecule has 3 rings (SSSR count). The van der Waals surface area contributed by atoms with Gasteiger partial charge in [0.1, 0.15) is 17.3 Å². The molecule has 0 aliphatic heterocycles. The molecular weight excluding hydrogens is 347 g/mol. The van der Waals surface area contributed by atoms with E-state index in [2.05, 4.69) is 5.32 Å². The molecule has 27 heavy (non-hydrogen) atoms. The van der Waals surface area contributed by atoms with Gasteiger partial charge < -0.3 is 20.5 Å². The van der Waals surface area contributed by atoms with Crippen LogP contribution in [0.1, 0.15) is 36.4 Å². The van der Waals surface area contributed by atoms with Crippen molar-refractivity contribution in [2.45, 2.75) is 31.3 Å². The normalized spacial score (nSPS) is 20.1. The van der Waals surface area contributed by atoms with Gasteiger partial charge >= 0.3 is 0 Å². The Hall–Kier alpha value is -2.60. The second-order valence-corrected chi connectivity index (χ2v) is 6.87. The summed E-state index contributed by atoms with van der Waals surface area (Å²) in [7, 11) is 3.10. The van der Waals surface area contributed by atoms with Crippen LogP contribution in [0.3, 0.4) is 0 Å². The largest absolute Gasteiger partial charge is 0.497 e. The maximum Gasteiger partial charge on any atom is 0.223 e. The Morgan fingerprint density at radius 2 is 2.00 bits per heavy atom. The van der Waals surface area contributed by atoms with E-state index >= 15 is 0 Å². The molecule has 1 fully saturated rings. The smallest absolute Gasteiger partial charge is 0.223 e. The fraction of sp³-hybridized carbons (Fsp3) is 0.381. The van der Waals surface area contributed by atoms with Crippen LogP contribution in [-0.4, -0.2) is 26.2 Å². The lowest BCUT2D eigenvalue weighted by molar-refractivity contribution is -0.125. The van der Waals surface area contributed by atoms with Gasteiger partial charge in [-0.1, -0.05) is 12.1 Å². The molecule has 1 aliphatic rings. The number of hydrogen-bond donors (Lipinski definition) is 2. The topological polar surface area (TPSA) is 73.6 Å². The molecule has 3 unspecified atom stereocenters. The van der Waals surface area contributed by atoms with Crippen molar-refractivity contribution in [3.63, 3.8) is 0 Å². The van der Waals surface area contributed by atoms with Gasteiger partial charge in [0.15, 0.2) is 0 Å². The zero-order chi connectivity index (χ0) is 19.4. The van der Waals surface area contributed by atoms with Crippen LogP contribution < -0.4 is 20.5 Å². The number of benzene rings is 2. The highest BCUT2D eigenvalue weighted by molar-refractivity contribution is 5.80. The molecule has 1 amide bonds. The number of nitrogens with two attached hydrogens (primary N) is 1. The van der Waals surface area contributed by atoms with Crippen molar-refractivity contribution in [1.29, 1.82) is 0 Å². The lowest BCUT2D eigenvalue weighted by Crippen LogP contribution is -2.34. The van der Waals surface area contributed by atoms with Crippen molar-refractivity contribution in [2.24, 2.45) is 11.7 Å². The summed E-state index contributed by atoms with van der Waals surface area (Å²) in [5.41, 5.74) is 7.30. The van der Waals surface area contributed by atoms with Crippen LogP contribution >= 0.6 is 0 Å². The zero-order valence-corrected chi connectivity index (χ0v) is 15.6. The van der Waals surface area contributed by atoms with Crippen LogP contribution in [0.5, 0.6) is 11.5 Å². The van der Waals surface area contributed by atoms with Gasteiger partial charge in [0.25, 0.3) is 0 Å². The first kappa shape index (κ1) is 19.2. The molecule has 6 heteroatoms. The first-order valence-corrected chi connectivity index (χ1v) is 9.05. The van der Waals surface area contributed by atoms with Gasteiger partial charge in [-0.2, -0.15) is 0 Å². The van der Waals surface area contributed by atoms with Crippen molar-refractivity contribution in [3.05, 3.63) is 59.4 Å². The number of hydrogen-bond acceptors (Lipinski definition) is 4. The number of methoxy groups -OCH3 is 2. The summed E-state index contributed by atoms with van der Waals surface area (Å²) in [6.07, 6.45) is 2.26. The number of carbonyl (C=O) groups excluding carboxylic acids is 1. The quantitative estimate of drug-likeness (QED) is 0.817. The average Bonchev–Trinajstić information content (AvgIpc) is 3.12. The highest BCUT2D eigenvalue weighted by Gasteiger charge is 2.30. The first-order chi connectivity index (χ1) is 13.0. The molecule has 1 aliphatic carbocycles. The lowest BCUT2D eigenvalue weighted by Gasteiger charge is -2.24. The van der Waals surface area contributed by atoms with E-state index in [0.29, 0.717) is 23.5 Å². The van der Waals surface area contributed by atoms with Crippen molar-refractivity contribution >= 4 is 5.91 Å². The number of rotatable bonds is 6. The third-order valence-electron chi connectivity index (χ3n) is 5.06. The van der Waals surface area contributed by atoms with E-state index in [1.54, 1.807) is 13.2 Å². The monoisotopic (exact) mass is 372 g/mol. The van der Waals surface area contributed by atoms with E-state index in [1.165, 1.54) is 19.2 Å². The molecule has 1 saturated carbocycles. The van der Waals surface area contributed by atoms with E-state index in [4.69, 9.17) is 15.2 Å². The van der Waals surface area contributed by atoms with E-state index in [9.17, 15) is 9.18 Å². The van der Waals surface area contributed by atoms with Gasteiger partial charge in [-0.3, -0.25) is 4.79 Å². The second-order valence-electron chi connectivity index (χ2n) is 6.87. The second kappa shape index (κ2) is 8.39. The molecule has 0 heterocycles. The van der Waals surface area contributed by atoms with Crippen molar-refractivity contribution in [2.75, 3.05) is 14.2 Å². The highest BCUT2D eigenvalue weighted by Crippen LogP contribution is 2.33. The molecular formula is C21H25FN2O3. The summed E-state index contributed by atoms with van der Waals surface area (Å²) in [5, 5.41) is 3.07. The summed E-state index contributed by atoms with van der Waals surface area (Å²) in [5.74, 6) is 0.559. The number of halogens is 1. The number of ether oxygens (including phenoxy) is 2. The van der Waals surface area contributed by atoms with Crippen molar-refractivity contribution in [1.82, 2.24) is 5.32 Å².